The Kier molecular flexibility index (Phi) is 24.6. The van der Waals surface area contributed by atoms with Gasteiger partial charge in [-0.1, -0.05) is 33.1 Å². The number of ether oxygens (including phenoxy) is 4. The highest BCUT2D eigenvalue weighted by molar-refractivity contribution is 5.81. The lowest BCUT2D eigenvalue weighted by Gasteiger charge is -2.07. The topological polar surface area (TPSA) is 108 Å². The normalized spacial score (nSPS) is 9.69. The molecule has 0 fully saturated rings. The van der Waals surface area contributed by atoms with Crippen molar-refractivity contribution in [2.45, 2.75) is 33.0 Å². The van der Waals surface area contributed by atoms with Gasteiger partial charge in [0.25, 0.3) is 0 Å². The zero-order valence-corrected chi connectivity index (χ0v) is 15.8. The number of esters is 3. The van der Waals surface area contributed by atoms with Crippen LogP contribution >= 0.6 is 0 Å². The first-order valence-corrected chi connectivity index (χ1v) is 7.87. The Labute approximate surface area is 155 Å². The Morgan fingerprint density at radius 2 is 1.42 bits per heavy atom. The van der Waals surface area contributed by atoms with Crippen molar-refractivity contribution in [3.8, 4) is 0 Å². The Hall–Kier alpha value is -2.45. The fourth-order valence-corrected chi connectivity index (χ4v) is 0.841. The van der Waals surface area contributed by atoms with E-state index in [1.807, 2.05) is 6.92 Å². The average Bonchev–Trinajstić information content (AvgIpc) is 2.66. The Balaban J connectivity index is -0.000000306. The zero-order chi connectivity index (χ0) is 20.8. The molecule has 150 valence electrons. The number of hydrogen-bond donors (Lipinski definition) is 1. The number of methoxy groups -OCH3 is 1. The van der Waals surface area contributed by atoms with Gasteiger partial charge < -0.3 is 24.1 Å². The second kappa shape index (κ2) is 22.6. The van der Waals surface area contributed by atoms with E-state index in [2.05, 4.69) is 38.7 Å². The Morgan fingerprint density at radius 3 is 1.77 bits per heavy atom. The van der Waals surface area contributed by atoms with Crippen molar-refractivity contribution in [3.63, 3.8) is 0 Å². The van der Waals surface area contributed by atoms with Gasteiger partial charge in [-0.15, -0.1) is 0 Å². The van der Waals surface area contributed by atoms with Gasteiger partial charge in [0.05, 0.1) is 13.2 Å². The number of aliphatic hydroxyl groups excluding tert-OH is 1. The highest BCUT2D eigenvalue weighted by Crippen LogP contribution is 1.90. The first kappa shape index (κ1) is 28.4. The van der Waals surface area contributed by atoms with Gasteiger partial charge in [-0.05, 0) is 13.3 Å². The summed E-state index contributed by atoms with van der Waals surface area (Å²) in [7, 11) is 1.46. The van der Waals surface area contributed by atoms with E-state index < -0.39 is 18.2 Å². The summed E-state index contributed by atoms with van der Waals surface area (Å²) >= 11 is 0. The van der Waals surface area contributed by atoms with Gasteiger partial charge in [0.15, 0.2) is 6.29 Å². The van der Waals surface area contributed by atoms with E-state index in [0.29, 0.717) is 6.61 Å². The predicted octanol–water partition coefficient (Wildman–Crippen LogP) is 1.93. The minimum Gasteiger partial charge on any atom is -0.463 e. The van der Waals surface area contributed by atoms with Gasteiger partial charge in [-0.25, -0.2) is 14.4 Å². The van der Waals surface area contributed by atoms with Crippen molar-refractivity contribution in [2.75, 3.05) is 26.9 Å². The van der Waals surface area contributed by atoms with Gasteiger partial charge >= 0.3 is 17.9 Å². The second-order valence-electron chi connectivity index (χ2n) is 4.26. The van der Waals surface area contributed by atoms with Crippen LogP contribution in [-0.4, -0.2) is 56.2 Å². The van der Waals surface area contributed by atoms with Crippen molar-refractivity contribution >= 4 is 17.9 Å². The number of carbonyl (C=O) groups is 3. The third-order valence-electron chi connectivity index (χ3n) is 2.19. The first-order valence-electron chi connectivity index (χ1n) is 7.87. The molecule has 0 rings (SSSR count). The number of carbonyl (C=O) groups excluding carboxylic acids is 3. The molecule has 8 heteroatoms. The number of aliphatic hydroxyl groups is 1. The SMILES string of the molecule is C=CC(=O)OC(C)OC.C=CC(=O)OCCCC.C=CC(=O)OCCO. The molecule has 0 aliphatic heterocycles. The number of rotatable bonds is 10. The molecule has 0 aromatic carbocycles. The summed E-state index contributed by atoms with van der Waals surface area (Å²) in [5, 5.41) is 8.10. The number of hydrogen-bond acceptors (Lipinski definition) is 8. The van der Waals surface area contributed by atoms with Gasteiger partial charge in [0, 0.05) is 25.3 Å². The quantitative estimate of drug-likeness (QED) is 0.203. The molecule has 0 saturated carbocycles. The minimum absolute atomic E-state index is 0.0465. The van der Waals surface area contributed by atoms with E-state index in [4.69, 9.17) is 5.11 Å². The van der Waals surface area contributed by atoms with Crippen LogP contribution in [0.3, 0.4) is 0 Å². The molecule has 1 atom stereocenters. The lowest BCUT2D eigenvalue weighted by atomic mass is 10.4. The summed E-state index contributed by atoms with van der Waals surface area (Å²) in [6, 6.07) is 0. The maximum Gasteiger partial charge on any atom is 0.332 e. The largest absolute Gasteiger partial charge is 0.463 e. The molecule has 0 amide bonds. The summed E-state index contributed by atoms with van der Waals surface area (Å²) in [5.74, 6) is -1.30. The first-order chi connectivity index (χ1) is 12.3. The molecule has 8 nitrogen and oxygen atoms in total. The summed E-state index contributed by atoms with van der Waals surface area (Å²) in [6.07, 6.45) is 4.81. The summed E-state index contributed by atoms with van der Waals surface area (Å²) in [6.45, 7) is 13.7. The zero-order valence-electron chi connectivity index (χ0n) is 15.8. The van der Waals surface area contributed by atoms with Crippen molar-refractivity contribution in [2.24, 2.45) is 0 Å². The van der Waals surface area contributed by atoms with E-state index in [-0.39, 0.29) is 19.2 Å². The van der Waals surface area contributed by atoms with Crippen LogP contribution in [-0.2, 0) is 33.3 Å². The van der Waals surface area contributed by atoms with E-state index >= 15 is 0 Å². The minimum atomic E-state index is -0.501. The van der Waals surface area contributed by atoms with E-state index in [0.717, 1.165) is 25.0 Å². The molecule has 0 heterocycles. The molecular formula is C18H30O8. The second-order valence-corrected chi connectivity index (χ2v) is 4.26. The van der Waals surface area contributed by atoms with Gasteiger partial charge in [0.1, 0.15) is 6.61 Å². The third-order valence-corrected chi connectivity index (χ3v) is 2.19. The van der Waals surface area contributed by atoms with E-state index in [1.165, 1.54) is 13.2 Å². The molecular weight excluding hydrogens is 344 g/mol. The molecule has 0 aliphatic carbocycles. The summed E-state index contributed by atoms with van der Waals surface area (Å²) < 4.78 is 18.2. The monoisotopic (exact) mass is 374 g/mol. The van der Waals surface area contributed by atoms with Crippen molar-refractivity contribution in [1.82, 2.24) is 0 Å². The molecule has 0 spiro atoms. The van der Waals surface area contributed by atoms with Crippen LogP contribution in [0.5, 0.6) is 0 Å². The van der Waals surface area contributed by atoms with Crippen LogP contribution in [0.2, 0.25) is 0 Å². The summed E-state index contributed by atoms with van der Waals surface area (Å²) in [5.41, 5.74) is 0. The molecule has 0 aliphatic rings. The van der Waals surface area contributed by atoms with Crippen molar-refractivity contribution in [1.29, 1.82) is 0 Å². The fraction of sp³-hybridized carbons (Fsp3) is 0.500. The van der Waals surface area contributed by atoms with Crippen LogP contribution in [0, 0.1) is 0 Å². The van der Waals surface area contributed by atoms with Crippen LogP contribution in [0.1, 0.15) is 26.7 Å². The lowest BCUT2D eigenvalue weighted by Crippen LogP contribution is -2.14. The highest BCUT2D eigenvalue weighted by Gasteiger charge is 2.01. The molecule has 0 aromatic heterocycles. The van der Waals surface area contributed by atoms with Gasteiger partial charge in [-0.3, -0.25) is 0 Å². The highest BCUT2D eigenvalue weighted by atomic mass is 16.7. The Morgan fingerprint density at radius 1 is 0.962 bits per heavy atom. The molecule has 0 bridgehead atoms. The van der Waals surface area contributed by atoms with Crippen LogP contribution in [0.4, 0.5) is 0 Å². The molecule has 0 radical (unpaired) electrons. The predicted molar refractivity (Wildman–Crippen MR) is 97.1 cm³/mol. The van der Waals surface area contributed by atoms with Crippen molar-refractivity contribution in [3.05, 3.63) is 38.0 Å². The van der Waals surface area contributed by atoms with Gasteiger partial charge in [-0.2, -0.15) is 0 Å². The smallest absolute Gasteiger partial charge is 0.332 e. The van der Waals surface area contributed by atoms with Crippen molar-refractivity contribution < 1.29 is 38.4 Å². The van der Waals surface area contributed by atoms with E-state index in [9.17, 15) is 14.4 Å². The van der Waals surface area contributed by atoms with E-state index in [1.54, 1.807) is 6.92 Å². The van der Waals surface area contributed by atoms with Crippen LogP contribution < -0.4 is 0 Å². The third kappa shape index (κ3) is 26.4. The Bertz CT molecular complexity index is 417. The maximum atomic E-state index is 10.4. The maximum absolute atomic E-state index is 10.4. The standard InChI is InChI=1S/C7H12O2.C6H10O3.C5H8O3/c1-3-5-6-9-7(8)4-2;1-4-6(7)9-5(2)8-3;1-2-5(7)8-4-3-6/h4H,2-3,5-6H2,1H3;4-5H,1H2,2-3H3;2,6H,1,3-4H2. The van der Waals surface area contributed by atoms with Gasteiger partial charge in [0.2, 0.25) is 0 Å². The summed E-state index contributed by atoms with van der Waals surface area (Å²) in [4.78, 5) is 30.8. The fourth-order valence-electron chi connectivity index (χ4n) is 0.841. The molecule has 1 unspecified atom stereocenters. The molecule has 0 aromatic rings. The molecule has 1 N–H and O–H groups in total. The van der Waals surface area contributed by atoms with Crippen LogP contribution in [0.25, 0.3) is 0 Å². The molecule has 26 heavy (non-hydrogen) atoms. The number of unbranched alkanes of at least 4 members (excludes halogenated alkanes) is 1. The van der Waals surface area contributed by atoms with Crippen LogP contribution in [0.15, 0.2) is 38.0 Å². The lowest BCUT2D eigenvalue weighted by molar-refractivity contribution is -0.163. The average molecular weight is 374 g/mol. The molecule has 0 saturated heterocycles.